The summed E-state index contributed by atoms with van der Waals surface area (Å²) < 4.78 is 34.8. The Labute approximate surface area is 204 Å². The van der Waals surface area contributed by atoms with Crippen LogP contribution in [-0.4, -0.2) is 70.9 Å². The largest absolute Gasteiger partial charge is 0.387 e. The summed E-state index contributed by atoms with van der Waals surface area (Å²) in [5.74, 6) is -1.44. The van der Waals surface area contributed by atoms with E-state index in [1.54, 1.807) is 0 Å². The van der Waals surface area contributed by atoms with Gasteiger partial charge in [0.1, 0.15) is 23.8 Å². The van der Waals surface area contributed by atoms with Crippen molar-refractivity contribution in [3.05, 3.63) is 64.1 Å². The molecule has 198 valence electrons. The van der Waals surface area contributed by atoms with Crippen molar-refractivity contribution < 1.29 is 48.1 Å². The number of amides is 2. The van der Waals surface area contributed by atoms with Crippen molar-refractivity contribution in [1.29, 1.82) is 0 Å². The fraction of sp³-hybridized carbons (Fsp3) is 0.421. The molecule has 0 bridgehead atoms. The molecule has 3 rings (SSSR count). The molecule has 0 spiro atoms. The van der Waals surface area contributed by atoms with E-state index in [0.29, 0.717) is 0 Å². The minimum Gasteiger partial charge on any atom is -0.387 e. The number of hydrogen-bond donors (Lipinski definition) is 6. The zero-order valence-electron chi connectivity index (χ0n) is 18.9. The maximum absolute atomic E-state index is 12.8. The number of urea groups is 1. The van der Waals surface area contributed by atoms with Gasteiger partial charge in [-0.25, -0.2) is 9.59 Å². The second kappa shape index (κ2) is 11.3. The first-order valence-electron chi connectivity index (χ1n) is 10.4. The Morgan fingerprint density at radius 3 is 2.44 bits per heavy atom. The number of nitrogens with one attached hydrogen (secondary N) is 1. The van der Waals surface area contributed by atoms with Gasteiger partial charge in [-0.05, 0) is 11.6 Å². The molecule has 5 atom stereocenters. The van der Waals surface area contributed by atoms with Gasteiger partial charge in [-0.15, -0.1) is 0 Å². The van der Waals surface area contributed by atoms with Gasteiger partial charge in [0.2, 0.25) is 0 Å². The summed E-state index contributed by atoms with van der Waals surface area (Å²) in [7, 11) is -8.26. The van der Waals surface area contributed by atoms with Gasteiger partial charge in [0.25, 0.3) is 0 Å². The molecule has 1 aromatic carbocycles. The lowest BCUT2D eigenvalue weighted by Gasteiger charge is -2.19. The van der Waals surface area contributed by atoms with Gasteiger partial charge in [-0.3, -0.25) is 18.3 Å². The van der Waals surface area contributed by atoms with E-state index in [0.717, 1.165) is 14.7 Å². The molecular formula is C19H26N4O11P2. The molecule has 2 aromatic rings. The number of aliphatic hydroxyl groups excluding tert-OH is 2. The predicted octanol–water partition coefficient (Wildman–Crippen LogP) is -1.05. The van der Waals surface area contributed by atoms with Gasteiger partial charge in [0, 0.05) is 19.8 Å². The Morgan fingerprint density at radius 2 is 1.81 bits per heavy atom. The third kappa shape index (κ3) is 7.29. The highest BCUT2D eigenvalue weighted by molar-refractivity contribution is 7.70. The molecule has 1 fully saturated rings. The normalized spacial score (nSPS) is 24.4. The first-order chi connectivity index (χ1) is 16.8. The van der Waals surface area contributed by atoms with E-state index in [2.05, 4.69) is 14.8 Å². The highest BCUT2D eigenvalue weighted by Crippen LogP contribution is 2.55. The van der Waals surface area contributed by atoms with Crippen LogP contribution in [0.2, 0.25) is 0 Å². The number of carbonyl (C=O) groups is 1. The van der Waals surface area contributed by atoms with Gasteiger partial charge >= 0.3 is 26.9 Å². The molecule has 15 nitrogen and oxygen atoms in total. The summed E-state index contributed by atoms with van der Waals surface area (Å²) in [6.07, 6.45) is -4.97. The molecule has 17 heteroatoms. The maximum Gasteiger partial charge on any atom is 0.343 e. The monoisotopic (exact) mass is 548 g/mol. The summed E-state index contributed by atoms with van der Waals surface area (Å²) in [5, 5.41) is 23.2. The number of aromatic nitrogens is 2. The average molecular weight is 548 g/mol. The first kappa shape index (κ1) is 28.1. The zero-order chi connectivity index (χ0) is 26.7. The van der Waals surface area contributed by atoms with Gasteiger partial charge in [0.05, 0.1) is 6.61 Å². The zero-order valence-corrected chi connectivity index (χ0v) is 20.7. The summed E-state index contributed by atoms with van der Waals surface area (Å²) in [5.41, 5.74) is 0.0808. The van der Waals surface area contributed by atoms with E-state index in [9.17, 15) is 33.8 Å². The number of carbonyl (C=O) groups excluding carboxylic acids is 1. The molecular weight excluding hydrogens is 522 g/mol. The predicted molar refractivity (Wildman–Crippen MR) is 123 cm³/mol. The minimum absolute atomic E-state index is 0.00612. The molecule has 0 radical (unpaired) electrons. The number of rotatable bonds is 8. The highest BCUT2D eigenvalue weighted by Gasteiger charge is 2.45. The number of nitrogens with zero attached hydrogens (tertiary/aromatic N) is 3. The van der Waals surface area contributed by atoms with Crippen LogP contribution in [0.5, 0.6) is 0 Å². The van der Waals surface area contributed by atoms with E-state index in [1.807, 2.05) is 30.3 Å². The molecule has 0 saturated carbocycles. The molecule has 2 amide bonds. The molecule has 1 aliphatic heterocycles. The highest BCUT2D eigenvalue weighted by atomic mass is 31.2. The summed E-state index contributed by atoms with van der Waals surface area (Å²) >= 11 is 0. The van der Waals surface area contributed by atoms with Crippen LogP contribution < -0.4 is 16.5 Å². The van der Waals surface area contributed by atoms with E-state index in [1.165, 1.54) is 19.3 Å². The van der Waals surface area contributed by atoms with Crippen LogP contribution in [-0.2, 0) is 32.0 Å². The molecule has 1 saturated heterocycles. The van der Waals surface area contributed by atoms with Crippen LogP contribution in [0.1, 0.15) is 11.8 Å². The molecule has 2 heterocycles. The second-order valence-electron chi connectivity index (χ2n) is 7.96. The smallest absolute Gasteiger partial charge is 0.343 e. The maximum atomic E-state index is 12.8. The van der Waals surface area contributed by atoms with Crippen LogP contribution in [0.3, 0.4) is 0 Å². The van der Waals surface area contributed by atoms with Crippen molar-refractivity contribution in [3.8, 4) is 0 Å². The lowest BCUT2D eigenvalue weighted by atomic mass is 10.1. The number of ether oxygens (including phenoxy) is 1. The Balaban J connectivity index is 1.71. The lowest BCUT2D eigenvalue weighted by Crippen LogP contribution is -2.42. The molecule has 0 aliphatic carbocycles. The topological polar surface area (TPSA) is 222 Å². The summed E-state index contributed by atoms with van der Waals surface area (Å²) in [6.45, 7) is -0.569. The standard InChI is InChI=1S/C19H26N4O11P2/c1-22-14(21-18(26)20-9-12-5-3-2-4-6-12)7-8-23(19(22)27)17-16(25)15(24)13(34-17)10-33-36(31,32)11-35(28,29)30/h2-8,13,15-17,24-25H,9-11H2,1H3,(H,20,26)(H,31,32)(H2,28,29,30)/b21-14-/t13-,15-,16-,17-/m1/s1. The third-order valence-electron chi connectivity index (χ3n) is 5.15. The Hall–Kier alpha value is -2.45. The van der Waals surface area contributed by atoms with Crippen molar-refractivity contribution in [1.82, 2.24) is 14.5 Å². The molecule has 1 aliphatic rings. The second-order valence-corrected chi connectivity index (χ2v) is 12.0. The van der Waals surface area contributed by atoms with Crippen molar-refractivity contribution >= 4 is 21.2 Å². The summed E-state index contributed by atoms with van der Waals surface area (Å²) in [4.78, 5) is 56.1. The van der Waals surface area contributed by atoms with E-state index < -0.39 is 64.0 Å². The Kier molecular flexibility index (Phi) is 8.83. The van der Waals surface area contributed by atoms with E-state index in [4.69, 9.17) is 14.5 Å². The van der Waals surface area contributed by atoms with Gasteiger partial charge < -0.3 is 39.5 Å². The SMILES string of the molecule is Cn1c(=O)n([C@@H]2O[C@H](COP(=O)(O)CP(=O)(O)O)[C@@H](O)[C@H]2O)cc/c1=N/C(=O)NCc1ccccc1. The van der Waals surface area contributed by atoms with Gasteiger partial charge in [-0.2, -0.15) is 4.99 Å². The fourth-order valence-corrected chi connectivity index (χ4v) is 5.95. The third-order valence-corrected chi connectivity index (χ3v) is 8.61. The van der Waals surface area contributed by atoms with Crippen LogP contribution in [0.4, 0.5) is 4.79 Å². The van der Waals surface area contributed by atoms with E-state index >= 15 is 0 Å². The van der Waals surface area contributed by atoms with Crippen LogP contribution in [0, 0.1) is 0 Å². The minimum atomic E-state index is -4.86. The average Bonchev–Trinajstić information content (AvgIpc) is 3.07. The Bertz CT molecular complexity index is 1310. The van der Waals surface area contributed by atoms with Crippen LogP contribution in [0.25, 0.3) is 0 Å². The van der Waals surface area contributed by atoms with Crippen molar-refractivity contribution in [2.45, 2.75) is 31.1 Å². The van der Waals surface area contributed by atoms with E-state index in [-0.39, 0.29) is 12.0 Å². The number of hydrogen-bond acceptors (Lipinski definition) is 8. The fourth-order valence-electron chi connectivity index (χ4n) is 3.38. The quantitative estimate of drug-likeness (QED) is 0.219. The molecule has 1 unspecified atom stereocenters. The summed E-state index contributed by atoms with van der Waals surface area (Å²) in [6, 6.07) is 9.71. The van der Waals surface area contributed by atoms with Crippen molar-refractivity contribution in [2.24, 2.45) is 12.0 Å². The number of benzene rings is 1. The molecule has 1 aromatic heterocycles. The van der Waals surface area contributed by atoms with Crippen LogP contribution in [0.15, 0.2) is 52.4 Å². The van der Waals surface area contributed by atoms with Gasteiger partial charge in [-0.1, -0.05) is 30.3 Å². The Morgan fingerprint density at radius 1 is 1.14 bits per heavy atom. The van der Waals surface area contributed by atoms with Crippen molar-refractivity contribution in [2.75, 3.05) is 12.5 Å². The molecule has 6 N–H and O–H groups in total. The number of aliphatic hydroxyl groups is 2. The lowest BCUT2D eigenvalue weighted by molar-refractivity contribution is -0.0529. The van der Waals surface area contributed by atoms with Crippen LogP contribution >= 0.6 is 15.2 Å². The first-order valence-corrected chi connectivity index (χ1v) is 14.0. The molecule has 36 heavy (non-hydrogen) atoms. The van der Waals surface area contributed by atoms with Gasteiger partial charge in [0.15, 0.2) is 12.1 Å². The van der Waals surface area contributed by atoms with Crippen molar-refractivity contribution in [3.63, 3.8) is 0 Å².